The number of fused-ring (bicyclic) bond motifs is 1. The Morgan fingerprint density at radius 2 is 1.97 bits per heavy atom. The SMILES string of the molecule is Cc1ccc(Cn2nnc3c(=O)n(CC(=O)Nc4cccc([N+](=O)[O-])c4)cnc32)cc1. The summed E-state index contributed by atoms with van der Waals surface area (Å²) in [6, 6.07) is 13.4. The zero-order valence-corrected chi connectivity index (χ0v) is 16.4. The molecule has 0 aliphatic carbocycles. The lowest BCUT2D eigenvalue weighted by atomic mass is 10.1. The number of nitro benzene ring substituents is 1. The predicted octanol–water partition coefficient (Wildman–Crippen LogP) is 1.89. The summed E-state index contributed by atoms with van der Waals surface area (Å²) in [7, 11) is 0. The van der Waals surface area contributed by atoms with Crippen LogP contribution in [0, 0.1) is 17.0 Å². The maximum Gasteiger partial charge on any atom is 0.283 e. The highest BCUT2D eigenvalue weighted by Crippen LogP contribution is 2.17. The third kappa shape index (κ3) is 4.29. The van der Waals surface area contributed by atoms with E-state index in [2.05, 4.69) is 20.6 Å². The van der Waals surface area contributed by atoms with Crippen molar-refractivity contribution in [3.63, 3.8) is 0 Å². The number of hydrogen-bond acceptors (Lipinski definition) is 7. The number of carbonyl (C=O) groups is 1. The highest BCUT2D eigenvalue weighted by molar-refractivity contribution is 5.91. The van der Waals surface area contributed by atoms with E-state index in [1.165, 1.54) is 35.3 Å². The van der Waals surface area contributed by atoms with Gasteiger partial charge in [-0.05, 0) is 18.6 Å². The van der Waals surface area contributed by atoms with E-state index in [1.807, 2.05) is 31.2 Å². The molecule has 31 heavy (non-hydrogen) atoms. The first kappa shape index (κ1) is 19.9. The maximum absolute atomic E-state index is 12.7. The minimum atomic E-state index is -0.558. The molecule has 4 aromatic rings. The molecule has 1 amide bonds. The van der Waals surface area contributed by atoms with Crippen LogP contribution in [0.25, 0.3) is 11.2 Å². The monoisotopic (exact) mass is 419 g/mol. The molecular formula is C20H17N7O4. The molecule has 11 nitrogen and oxygen atoms in total. The molecule has 0 unspecified atom stereocenters. The number of amides is 1. The van der Waals surface area contributed by atoms with Gasteiger partial charge >= 0.3 is 0 Å². The molecule has 2 heterocycles. The van der Waals surface area contributed by atoms with Crippen LogP contribution >= 0.6 is 0 Å². The molecule has 0 atom stereocenters. The smallest absolute Gasteiger partial charge is 0.283 e. The van der Waals surface area contributed by atoms with Gasteiger partial charge in [-0.25, -0.2) is 9.67 Å². The molecule has 4 rings (SSSR count). The molecule has 156 valence electrons. The van der Waals surface area contributed by atoms with E-state index >= 15 is 0 Å². The van der Waals surface area contributed by atoms with Crippen LogP contribution in [0.3, 0.4) is 0 Å². The zero-order valence-electron chi connectivity index (χ0n) is 16.4. The van der Waals surface area contributed by atoms with Gasteiger partial charge in [-0.3, -0.25) is 24.3 Å². The second kappa shape index (κ2) is 8.14. The van der Waals surface area contributed by atoms with Crippen molar-refractivity contribution in [3.8, 4) is 0 Å². The summed E-state index contributed by atoms with van der Waals surface area (Å²) >= 11 is 0. The lowest BCUT2D eigenvalue weighted by molar-refractivity contribution is -0.384. The van der Waals surface area contributed by atoms with Crippen molar-refractivity contribution in [3.05, 3.63) is 86.5 Å². The Bertz CT molecular complexity index is 1340. The van der Waals surface area contributed by atoms with Crippen LogP contribution in [0.15, 0.2) is 59.7 Å². The van der Waals surface area contributed by atoms with Crippen molar-refractivity contribution in [2.24, 2.45) is 0 Å². The summed E-state index contributed by atoms with van der Waals surface area (Å²) < 4.78 is 2.63. The van der Waals surface area contributed by atoms with Crippen LogP contribution in [-0.2, 0) is 17.9 Å². The maximum atomic E-state index is 12.7. The molecule has 2 aromatic carbocycles. The number of benzene rings is 2. The van der Waals surface area contributed by atoms with Gasteiger partial charge in [0.05, 0.1) is 11.5 Å². The van der Waals surface area contributed by atoms with Crippen LogP contribution in [0.1, 0.15) is 11.1 Å². The van der Waals surface area contributed by atoms with E-state index in [4.69, 9.17) is 0 Å². The fourth-order valence-electron chi connectivity index (χ4n) is 3.03. The molecule has 0 aliphatic heterocycles. The predicted molar refractivity (Wildman–Crippen MR) is 112 cm³/mol. The van der Waals surface area contributed by atoms with Crippen LogP contribution in [0.4, 0.5) is 11.4 Å². The Morgan fingerprint density at radius 1 is 1.19 bits per heavy atom. The van der Waals surface area contributed by atoms with Crippen molar-refractivity contribution >= 4 is 28.4 Å². The summed E-state index contributed by atoms with van der Waals surface area (Å²) in [5, 5.41) is 21.3. The summed E-state index contributed by atoms with van der Waals surface area (Å²) in [5.41, 5.74) is 2.10. The van der Waals surface area contributed by atoms with Gasteiger partial charge in [0, 0.05) is 17.8 Å². The Hall–Kier alpha value is -4.41. The minimum Gasteiger partial charge on any atom is -0.324 e. The lowest BCUT2D eigenvalue weighted by Gasteiger charge is -2.07. The van der Waals surface area contributed by atoms with Gasteiger partial charge in [0.1, 0.15) is 12.9 Å². The largest absolute Gasteiger partial charge is 0.324 e. The number of carbonyl (C=O) groups excluding carboxylic acids is 1. The quantitative estimate of drug-likeness (QED) is 0.372. The molecule has 0 saturated heterocycles. The summed E-state index contributed by atoms with van der Waals surface area (Å²) in [6.45, 7) is 2.07. The Labute approximate surface area is 175 Å². The number of aromatic nitrogens is 5. The van der Waals surface area contributed by atoms with Crippen molar-refractivity contribution in [2.45, 2.75) is 20.0 Å². The van der Waals surface area contributed by atoms with Gasteiger partial charge in [0.25, 0.3) is 11.2 Å². The molecule has 1 N–H and O–H groups in total. The Balaban J connectivity index is 1.52. The van der Waals surface area contributed by atoms with E-state index in [1.54, 1.807) is 0 Å². The Morgan fingerprint density at radius 3 is 2.71 bits per heavy atom. The van der Waals surface area contributed by atoms with Gasteiger partial charge in [0.2, 0.25) is 5.91 Å². The normalized spacial score (nSPS) is 10.9. The summed E-state index contributed by atoms with van der Waals surface area (Å²) in [4.78, 5) is 39.6. The molecule has 0 bridgehead atoms. The minimum absolute atomic E-state index is 0.0535. The number of nitrogens with one attached hydrogen (secondary N) is 1. The topological polar surface area (TPSA) is 138 Å². The fourth-order valence-corrected chi connectivity index (χ4v) is 3.03. The van der Waals surface area contributed by atoms with E-state index in [0.717, 1.165) is 15.7 Å². The van der Waals surface area contributed by atoms with Gasteiger partial charge in [-0.15, -0.1) is 5.10 Å². The van der Waals surface area contributed by atoms with Crippen LogP contribution < -0.4 is 10.9 Å². The first-order chi connectivity index (χ1) is 14.9. The van der Waals surface area contributed by atoms with Crippen molar-refractivity contribution in [1.82, 2.24) is 24.5 Å². The second-order valence-corrected chi connectivity index (χ2v) is 6.94. The van der Waals surface area contributed by atoms with Crippen LogP contribution in [0.2, 0.25) is 0 Å². The highest BCUT2D eigenvalue weighted by Gasteiger charge is 2.15. The average Bonchev–Trinajstić information content (AvgIpc) is 3.15. The summed E-state index contributed by atoms with van der Waals surface area (Å²) in [6.07, 6.45) is 1.26. The molecule has 0 spiro atoms. The van der Waals surface area contributed by atoms with E-state index in [9.17, 15) is 19.7 Å². The number of aryl methyl sites for hydroxylation is 1. The first-order valence-corrected chi connectivity index (χ1v) is 9.29. The van der Waals surface area contributed by atoms with Crippen LogP contribution in [0.5, 0.6) is 0 Å². The average molecular weight is 419 g/mol. The number of rotatable bonds is 6. The third-order valence-electron chi connectivity index (χ3n) is 4.60. The lowest BCUT2D eigenvalue weighted by Crippen LogP contribution is -2.28. The second-order valence-electron chi connectivity index (χ2n) is 6.94. The van der Waals surface area contributed by atoms with Gasteiger partial charge in [-0.1, -0.05) is 41.1 Å². The molecule has 11 heteroatoms. The Kier molecular flexibility index (Phi) is 5.22. The number of non-ortho nitro benzene ring substituents is 1. The number of nitro groups is 1. The number of anilines is 1. The van der Waals surface area contributed by atoms with Crippen molar-refractivity contribution < 1.29 is 9.72 Å². The van der Waals surface area contributed by atoms with Gasteiger partial charge in [0.15, 0.2) is 11.2 Å². The highest BCUT2D eigenvalue weighted by atomic mass is 16.6. The van der Waals surface area contributed by atoms with E-state index in [-0.39, 0.29) is 23.4 Å². The molecule has 0 aliphatic rings. The molecule has 0 radical (unpaired) electrons. The first-order valence-electron chi connectivity index (χ1n) is 9.29. The van der Waals surface area contributed by atoms with E-state index in [0.29, 0.717) is 12.2 Å². The van der Waals surface area contributed by atoms with Gasteiger partial charge < -0.3 is 5.32 Å². The third-order valence-corrected chi connectivity index (χ3v) is 4.60. The van der Waals surface area contributed by atoms with Crippen LogP contribution in [-0.4, -0.2) is 35.4 Å². The molecule has 0 saturated carbocycles. The number of nitrogens with zero attached hydrogens (tertiary/aromatic N) is 6. The summed E-state index contributed by atoms with van der Waals surface area (Å²) in [5.74, 6) is -0.532. The molecular weight excluding hydrogens is 402 g/mol. The standard InChI is InChI=1S/C20H17N7O4/c1-13-5-7-14(8-6-13)10-26-19-18(23-24-26)20(29)25(12-21-19)11-17(28)22-15-3-2-4-16(9-15)27(30)31/h2-9,12H,10-11H2,1H3,(H,22,28). The zero-order chi connectivity index (χ0) is 22.0. The molecule has 0 fully saturated rings. The molecule has 2 aromatic heterocycles. The fraction of sp³-hybridized carbons (Fsp3) is 0.150. The number of hydrogen-bond donors (Lipinski definition) is 1. The van der Waals surface area contributed by atoms with E-state index < -0.39 is 16.4 Å². The van der Waals surface area contributed by atoms with Crippen molar-refractivity contribution in [2.75, 3.05) is 5.32 Å². The van der Waals surface area contributed by atoms with Gasteiger partial charge in [-0.2, -0.15) is 0 Å². The van der Waals surface area contributed by atoms with Crippen molar-refractivity contribution in [1.29, 1.82) is 0 Å².